The topological polar surface area (TPSA) is 484 Å². The Kier molecular flexibility index (Phi) is 48.9. The van der Waals surface area contributed by atoms with Crippen LogP contribution in [0, 0.1) is 11.8 Å². The molecule has 0 aliphatic carbocycles. The van der Waals surface area contributed by atoms with E-state index in [0.717, 1.165) is 32.2 Å². The summed E-state index contributed by atoms with van der Waals surface area (Å²) in [6, 6.07) is 12.0. The van der Waals surface area contributed by atoms with Crippen molar-refractivity contribution in [3.05, 3.63) is 105 Å². The van der Waals surface area contributed by atoms with E-state index in [9.17, 15) is 67.1 Å². The zero-order valence-corrected chi connectivity index (χ0v) is 72.8. The lowest BCUT2D eigenvalue weighted by molar-refractivity contribution is -0.137. The molecule has 39 heteroatoms. The molecule has 6 heterocycles. The van der Waals surface area contributed by atoms with Gasteiger partial charge in [0.2, 0.25) is 35.4 Å². The van der Waals surface area contributed by atoms with Crippen LogP contribution in [0.2, 0.25) is 0 Å². The van der Waals surface area contributed by atoms with E-state index >= 15 is 0 Å². The summed E-state index contributed by atoms with van der Waals surface area (Å²) in [7, 11) is 1.25. The highest BCUT2D eigenvalue weighted by molar-refractivity contribution is 6.25. The number of piperidine rings is 3. The smallest absolute Gasteiger partial charge is 0.407 e. The zero-order valence-electron chi connectivity index (χ0n) is 73.0. The minimum Gasteiger partial charge on any atom is -0.444 e. The molecule has 0 saturated carbocycles. The molecule has 3 unspecified atom stereocenters. The van der Waals surface area contributed by atoms with Crippen molar-refractivity contribution in [2.75, 3.05) is 185 Å². The van der Waals surface area contributed by atoms with E-state index in [1.807, 2.05) is 6.07 Å². The molecule has 0 bridgehead atoms. The van der Waals surface area contributed by atoms with Gasteiger partial charge in [0, 0.05) is 65.7 Å². The third-order valence-corrected chi connectivity index (χ3v) is 17.8. The molecule has 0 radical (unpaired) electrons. The molecule has 688 valence electrons. The predicted octanol–water partition coefficient (Wildman–Crippen LogP) is 3.74. The van der Waals surface area contributed by atoms with Gasteiger partial charge in [0.15, 0.2) is 0 Å². The first-order valence-electron chi connectivity index (χ1n) is 41.8. The first kappa shape index (κ1) is 105. The summed E-state index contributed by atoms with van der Waals surface area (Å²) < 4.78 is 81.1. The molecule has 3 saturated heterocycles. The monoisotopic (exact) mass is 1770 g/mol. The van der Waals surface area contributed by atoms with Crippen molar-refractivity contribution >= 4 is 95.5 Å². The summed E-state index contributed by atoms with van der Waals surface area (Å²) >= 11 is 0. The van der Waals surface area contributed by atoms with Crippen molar-refractivity contribution in [2.45, 2.75) is 149 Å². The normalized spacial score (nSPS) is 16.5. The number of aryl methyl sites for hydroxylation is 2. The van der Waals surface area contributed by atoms with E-state index in [4.69, 9.17) is 78.5 Å². The molecule has 0 aromatic heterocycles. The lowest BCUT2D eigenvalue weighted by Gasteiger charge is -2.27. The van der Waals surface area contributed by atoms with E-state index < -0.39 is 112 Å². The number of rotatable bonds is 47. The SMILES string of the molecule is CC(C)(C)OC(=O)NCCOCCOCCOCCOCC#Cc1ccc2c(c1)C(=O)N(C1CCC(=O)NC1=O)C2=O.CC(C)(C)OC(=O)NCCOCCOCCOCCOCCCc1ccc2c(c1)C(=O)N(C1CCC(=O)NC1=O)C2=O.CCO.Cl.NCCOCCOCCOCCOCCCc1ccc2c(c1)C(=O)N(C1CCC(=O)NC1=O)C2=O.[3H]C. The van der Waals surface area contributed by atoms with Gasteiger partial charge in [-0.1, -0.05) is 31.4 Å². The number of imide groups is 6. The summed E-state index contributed by atoms with van der Waals surface area (Å²) in [5, 5.41) is 19.3. The predicted molar refractivity (Wildman–Crippen MR) is 447 cm³/mol. The van der Waals surface area contributed by atoms with Crippen LogP contribution >= 0.6 is 12.4 Å². The Bertz CT molecular complexity index is 4080. The van der Waals surface area contributed by atoms with Gasteiger partial charge in [0.25, 0.3) is 35.4 Å². The van der Waals surface area contributed by atoms with Crippen molar-refractivity contribution in [3.8, 4) is 11.8 Å². The fourth-order valence-corrected chi connectivity index (χ4v) is 12.3. The number of carbonyl (C=O) groups excluding carboxylic acids is 14. The number of nitrogens with two attached hydrogens (primary N) is 1. The number of nitrogens with zero attached hydrogens (tertiary/aromatic N) is 3. The molecule has 0 spiro atoms. The van der Waals surface area contributed by atoms with Crippen LogP contribution in [0.4, 0.5) is 9.59 Å². The number of aliphatic hydroxyl groups excluding tert-OH is 1. The van der Waals surface area contributed by atoms with Crippen LogP contribution in [0.25, 0.3) is 0 Å². The second-order valence-electron chi connectivity index (χ2n) is 29.6. The number of aliphatic hydroxyl groups is 1. The Balaban J connectivity index is 0.000000383. The lowest BCUT2D eigenvalue weighted by atomic mass is 10.0. The highest BCUT2D eigenvalue weighted by Crippen LogP contribution is 2.32. The number of hydrogen-bond donors (Lipinski definition) is 7. The number of nitrogens with one attached hydrogen (secondary N) is 5. The number of ether oxygens (including phenoxy) is 14. The minimum atomic E-state index is -1.01. The Hall–Kier alpha value is -9.67. The van der Waals surface area contributed by atoms with Crippen molar-refractivity contribution < 1.29 is 140 Å². The summed E-state index contributed by atoms with van der Waals surface area (Å²) in [4.78, 5) is 173. The van der Waals surface area contributed by atoms with Crippen molar-refractivity contribution in [1.29, 1.82) is 0 Å². The van der Waals surface area contributed by atoms with Crippen LogP contribution in [0.5, 0.6) is 0 Å². The van der Waals surface area contributed by atoms with Gasteiger partial charge in [0.05, 0.1) is 172 Å². The molecule has 3 aromatic carbocycles. The molecular weight excluding hydrogens is 1650 g/mol. The van der Waals surface area contributed by atoms with Crippen LogP contribution in [-0.4, -0.2) is 317 Å². The van der Waals surface area contributed by atoms with Gasteiger partial charge < -0.3 is 87.8 Å². The number of fused-ring (bicyclic) bond motifs is 3. The van der Waals surface area contributed by atoms with Crippen LogP contribution < -0.4 is 32.3 Å². The molecule has 3 aromatic rings. The number of hydrogen-bond acceptors (Lipinski definition) is 30. The van der Waals surface area contributed by atoms with Crippen molar-refractivity contribution in [1.82, 2.24) is 41.3 Å². The van der Waals surface area contributed by atoms with Crippen molar-refractivity contribution in [2.24, 2.45) is 5.73 Å². The fraction of sp³-hybridized carbons (Fsp3) is 0.600. The van der Waals surface area contributed by atoms with Gasteiger partial charge in [-0.15, -0.1) is 12.4 Å². The van der Waals surface area contributed by atoms with Gasteiger partial charge in [-0.05, 0) is 147 Å². The zero-order chi connectivity index (χ0) is 90.8. The maximum absolute atomic E-state index is 12.9. The Labute approximate surface area is 730 Å². The maximum atomic E-state index is 12.9. The standard InChI is InChI=1S/C29H41N3O10.C29H37N3O10.C24H33N3O8.C2H6O.CH4.ClH/c2*1-29(2,3)42-28(37)30-10-12-39-14-16-41-18-17-40-15-13-38-11-4-5-20-6-7-21-22(19-20)27(36)32(26(21)35)23-8-9-24(33)31-25(23)34;25-7-9-33-11-13-35-15-14-34-12-10-32-8-1-2-17-3-4-18-19(16-17)24(31)27(23(18)30)20-5-6-21(28)26-22(20)29;1-2-3;;/h6-7,19,23H,4-5,8-18H2,1-3H3,(H,30,37)(H,31,33,34);6-7,19,23H,8-18H2,1-3H3,(H,30,37)(H,31,33,34);3-4,16,20H,1-2,5-15,25H2,(H,26,28,29);3H,2H2,1H3;1H4;1H/i;;;;1T;. The Morgan fingerprint density at radius 3 is 1.01 bits per heavy atom. The summed E-state index contributed by atoms with van der Waals surface area (Å²) in [5.74, 6) is -0.516. The number of alkyl carbamates (subject to hydrolysis) is 2. The number of amides is 14. The summed E-state index contributed by atoms with van der Waals surface area (Å²) in [5.41, 5.74) is 8.07. The largest absolute Gasteiger partial charge is 0.444 e. The molecular formula is C85H122ClN9O29. The lowest BCUT2D eigenvalue weighted by Crippen LogP contribution is -2.54. The highest BCUT2D eigenvalue weighted by atomic mass is 35.5. The third-order valence-electron chi connectivity index (χ3n) is 17.8. The maximum Gasteiger partial charge on any atom is 0.407 e. The fourth-order valence-electron chi connectivity index (χ4n) is 12.3. The van der Waals surface area contributed by atoms with E-state index in [2.05, 4.69) is 38.4 Å². The molecule has 8 N–H and O–H groups in total. The third kappa shape index (κ3) is 37.6. The van der Waals surface area contributed by atoms with Gasteiger partial charge in [0.1, 0.15) is 35.9 Å². The highest BCUT2D eigenvalue weighted by Gasteiger charge is 2.48. The van der Waals surface area contributed by atoms with Gasteiger partial charge in [-0.3, -0.25) is 88.2 Å². The van der Waals surface area contributed by atoms with Gasteiger partial charge in [-0.2, -0.15) is 0 Å². The van der Waals surface area contributed by atoms with E-state index in [0.29, 0.717) is 202 Å². The van der Waals surface area contributed by atoms with Crippen LogP contribution in [-0.2, 0) is 108 Å². The average molecular weight is 1770 g/mol. The van der Waals surface area contributed by atoms with E-state index in [1.54, 1.807) is 84.9 Å². The van der Waals surface area contributed by atoms with Gasteiger partial charge >= 0.3 is 12.2 Å². The second-order valence-corrected chi connectivity index (χ2v) is 29.6. The van der Waals surface area contributed by atoms with Crippen LogP contribution in [0.3, 0.4) is 0 Å². The van der Waals surface area contributed by atoms with Crippen LogP contribution in [0.15, 0.2) is 54.6 Å². The number of benzene rings is 3. The Morgan fingerprint density at radius 2 is 0.702 bits per heavy atom. The van der Waals surface area contributed by atoms with Crippen molar-refractivity contribution in [3.63, 3.8) is 0 Å². The minimum absolute atomic E-state index is 0. The summed E-state index contributed by atoms with van der Waals surface area (Å²) in [6.45, 7) is 24.2. The molecule has 124 heavy (non-hydrogen) atoms. The molecule has 3 fully saturated rings. The second kappa shape index (κ2) is 57.8. The number of halogens is 1. The number of carbonyl (C=O) groups is 14. The molecule has 6 aliphatic rings. The first-order valence-corrected chi connectivity index (χ1v) is 40.8. The average Bonchev–Trinajstić information content (AvgIpc) is 1.62. The molecule has 14 amide bonds. The molecule has 3 atom stereocenters. The molecule has 9 rings (SSSR count). The molecule has 6 aliphatic heterocycles. The summed E-state index contributed by atoms with van der Waals surface area (Å²) in [6.07, 6.45) is 2.45. The quantitative estimate of drug-likeness (QED) is 0.0240. The Morgan fingerprint density at radius 1 is 0.427 bits per heavy atom. The van der Waals surface area contributed by atoms with E-state index in [-0.39, 0.29) is 92.0 Å². The first-order chi connectivity index (χ1) is 59.6. The molecule has 38 nitrogen and oxygen atoms in total. The van der Waals surface area contributed by atoms with Crippen LogP contribution in [0.1, 0.15) is 187 Å². The van der Waals surface area contributed by atoms with E-state index in [1.165, 1.54) is 19.5 Å². The van der Waals surface area contributed by atoms with Gasteiger partial charge in [-0.25, -0.2) is 9.59 Å².